The molecule has 0 aliphatic heterocycles. The van der Waals surface area contributed by atoms with Gasteiger partial charge in [0, 0.05) is 19.3 Å². The van der Waals surface area contributed by atoms with Gasteiger partial charge in [-0.05, 0) is 103 Å². The summed E-state index contributed by atoms with van der Waals surface area (Å²) in [6.45, 7) is 6.30. The van der Waals surface area contributed by atoms with Gasteiger partial charge in [0.1, 0.15) is 13.2 Å². The summed E-state index contributed by atoms with van der Waals surface area (Å²) in [6.07, 6.45) is 65.3. The van der Waals surface area contributed by atoms with Gasteiger partial charge in [-0.25, -0.2) is 0 Å². The number of esters is 3. The number of ether oxygens (including phenoxy) is 3. The maximum Gasteiger partial charge on any atom is 0.306 e. The van der Waals surface area contributed by atoms with Gasteiger partial charge in [-0.1, -0.05) is 195 Å². The summed E-state index contributed by atoms with van der Waals surface area (Å²) in [6, 6.07) is 0. The average Bonchev–Trinajstić information content (AvgIpc) is 3.27. The van der Waals surface area contributed by atoms with Crippen LogP contribution in [-0.2, 0) is 28.6 Å². The highest BCUT2D eigenvalue weighted by Crippen LogP contribution is 2.14. The highest BCUT2D eigenvalue weighted by atomic mass is 16.6. The fraction of sp³-hybridized carbons (Fsp3) is 0.661. The molecule has 1 unspecified atom stereocenters. The minimum Gasteiger partial charge on any atom is -0.462 e. The van der Waals surface area contributed by atoms with E-state index in [0.29, 0.717) is 19.3 Å². The first-order valence-electron chi connectivity index (χ1n) is 25.3. The molecule has 0 radical (unpaired) electrons. The molecule has 6 heteroatoms. The van der Waals surface area contributed by atoms with Gasteiger partial charge in [-0.15, -0.1) is 0 Å². The molecule has 0 saturated carbocycles. The van der Waals surface area contributed by atoms with Crippen molar-refractivity contribution < 1.29 is 28.6 Å². The fourth-order valence-electron chi connectivity index (χ4n) is 6.60. The highest BCUT2D eigenvalue weighted by molar-refractivity contribution is 5.71. The molecule has 0 spiro atoms. The predicted octanol–water partition coefficient (Wildman–Crippen LogP) is 16.6. The maximum absolute atomic E-state index is 12.8. The van der Waals surface area contributed by atoms with Crippen molar-refractivity contribution in [2.45, 2.75) is 226 Å². The second kappa shape index (κ2) is 50.0. The van der Waals surface area contributed by atoms with E-state index >= 15 is 0 Å². The number of unbranched alkanes of at least 4 members (excludes halogenated alkanes) is 19. The molecule has 0 N–H and O–H groups in total. The van der Waals surface area contributed by atoms with Crippen LogP contribution in [-0.4, -0.2) is 37.2 Å². The second-order valence-corrected chi connectivity index (χ2v) is 16.4. The van der Waals surface area contributed by atoms with Gasteiger partial charge in [-0.3, -0.25) is 14.4 Å². The molecule has 0 aliphatic carbocycles. The van der Waals surface area contributed by atoms with Gasteiger partial charge < -0.3 is 14.2 Å². The van der Waals surface area contributed by atoms with E-state index in [4.69, 9.17) is 14.2 Å². The standard InChI is InChI=1S/C56H92O6/c1-4-7-10-13-16-19-22-25-27-28-30-31-34-37-40-43-46-49-55(58)61-52-53(51-60-54(57)48-45-42-39-36-33-24-21-18-15-12-9-6-3)62-56(59)50-47-44-41-38-35-32-29-26-23-20-17-14-11-8-5-2/h8-9,11-12,14,16-21,23,25,27,33,36,53H,4-7,10,13,15,22,24,26,28-32,34-35,37-52H2,1-3H3/b11-8-,12-9-,17-14-,19-16-,21-18-,23-20-,27-25-,36-33-. The third-order valence-corrected chi connectivity index (χ3v) is 10.4. The van der Waals surface area contributed by atoms with E-state index in [-0.39, 0.29) is 31.1 Å². The van der Waals surface area contributed by atoms with Crippen molar-refractivity contribution in [1.82, 2.24) is 0 Å². The lowest BCUT2D eigenvalue weighted by Crippen LogP contribution is -2.30. The van der Waals surface area contributed by atoms with Crippen LogP contribution in [0.15, 0.2) is 97.2 Å². The summed E-state index contributed by atoms with van der Waals surface area (Å²) in [7, 11) is 0. The lowest BCUT2D eigenvalue weighted by atomic mass is 10.1. The zero-order valence-corrected chi connectivity index (χ0v) is 40.1. The van der Waals surface area contributed by atoms with Crippen LogP contribution in [0.2, 0.25) is 0 Å². The summed E-state index contributed by atoms with van der Waals surface area (Å²) in [5.41, 5.74) is 0. The Morgan fingerprint density at radius 3 is 1.19 bits per heavy atom. The van der Waals surface area contributed by atoms with Gasteiger partial charge in [-0.2, -0.15) is 0 Å². The number of allylic oxidation sites excluding steroid dienone is 16. The quantitative estimate of drug-likeness (QED) is 0.0200. The Bertz CT molecular complexity index is 1260. The molecule has 0 saturated heterocycles. The number of carbonyl (C=O) groups is 3. The Labute approximate surface area is 381 Å². The zero-order valence-electron chi connectivity index (χ0n) is 40.1. The van der Waals surface area contributed by atoms with Crippen molar-refractivity contribution >= 4 is 17.9 Å². The normalized spacial score (nSPS) is 12.9. The molecule has 0 aromatic heterocycles. The first-order valence-corrected chi connectivity index (χ1v) is 25.3. The monoisotopic (exact) mass is 861 g/mol. The van der Waals surface area contributed by atoms with Gasteiger partial charge in [0.2, 0.25) is 0 Å². The molecular formula is C56H92O6. The number of rotatable bonds is 44. The summed E-state index contributed by atoms with van der Waals surface area (Å²) in [5, 5.41) is 0. The molecule has 62 heavy (non-hydrogen) atoms. The van der Waals surface area contributed by atoms with Crippen LogP contribution in [0.3, 0.4) is 0 Å². The smallest absolute Gasteiger partial charge is 0.306 e. The van der Waals surface area contributed by atoms with Crippen molar-refractivity contribution in [2.75, 3.05) is 13.2 Å². The molecule has 0 aromatic rings. The van der Waals surface area contributed by atoms with Crippen LogP contribution < -0.4 is 0 Å². The third-order valence-electron chi connectivity index (χ3n) is 10.4. The van der Waals surface area contributed by atoms with Crippen LogP contribution in [0.25, 0.3) is 0 Å². The van der Waals surface area contributed by atoms with Crippen molar-refractivity contribution in [3.8, 4) is 0 Å². The fourth-order valence-corrected chi connectivity index (χ4v) is 6.60. The van der Waals surface area contributed by atoms with Gasteiger partial charge in [0.05, 0.1) is 0 Å². The zero-order chi connectivity index (χ0) is 45.1. The summed E-state index contributed by atoms with van der Waals surface area (Å²) < 4.78 is 16.7. The van der Waals surface area contributed by atoms with Gasteiger partial charge in [0.25, 0.3) is 0 Å². The molecule has 6 nitrogen and oxygen atoms in total. The SMILES string of the molecule is CC\C=C/C=C\C=C/CCCCCCCCCC(=O)OC(COC(=O)CCCC/C=C\C/C=C\C/C=C\CC)COC(=O)CCCCCCCCC/C=C\C/C=C\CCCCC. The summed E-state index contributed by atoms with van der Waals surface area (Å²) in [4.78, 5) is 37.9. The van der Waals surface area contributed by atoms with Crippen LogP contribution in [0.5, 0.6) is 0 Å². The Kier molecular flexibility index (Phi) is 47.0. The largest absolute Gasteiger partial charge is 0.462 e. The number of hydrogen-bond acceptors (Lipinski definition) is 6. The Hall–Kier alpha value is -3.67. The molecule has 0 fully saturated rings. The average molecular weight is 861 g/mol. The van der Waals surface area contributed by atoms with E-state index in [1.54, 1.807) is 0 Å². The highest BCUT2D eigenvalue weighted by Gasteiger charge is 2.19. The van der Waals surface area contributed by atoms with Crippen LogP contribution >= 0.6 is 0 Å². The first-order chi connectivity index (χ1) is 30.5. The minimum atomic E-state index is -0.803. The third kappa shape index (κ3) is 47.4. The molecule has 0 aromatic carbocycles. The van der Waals surface area contributed by atoms with E-state index in [1.165, 1.54) is 70.6 Å². The van der Waals surface area contributed by atoms with Crippen LogP contribution in [0, 0.1) is 0 Å². The minimum absolute atomic E-state index is 0.100. The molecule has 0 aliphatic rings. The summed E-state index contributed by atoms with van der Waals surface area (Å²) >= 11 is 0. The molecule has 0 amide bonds. The maximum atomic E-state index is 12.8. The van der Waals surface area contributed by atoms with E-state index in [9.17, 15) is 14.4 Å². The lowest BCUT2D eigenvalue weighted by Gasteiger charge is -2.18. The molecule has 0 rings (SSSR count). The number of carbonyl (C=O) groups excluding carboxylic acids is 3. The lowest BCUT2D eigenvalue weighted by molar-refractivity contribution is -0.167. The summed E-state index contributed by atoms with van der Waals surface area (Å²) in [5.74, 6) is -0.965. The first kappa shape index (κ1) is 58.3. The molecule has 352 valence electrons. The van der Waals surface area contributed by atoms with E-state index < -0.39 is 6.10 Å². The Balaban J connectivity index is 4.45. The molecular weight excluding hydrogens is 769 g/mol. The molecule has 0 bridgehead atoms. The Morgan fingerprint density at radius 2 is 0.710 bits per heavy atom. The van der Waals surface area contributed by atoms with Crippen molar-refractivity contribution in [3.05, 3.63) is 97.2 Å². The van der Waals surface area contributed by atoms with Crippen LogP contribution in [0.4, 0.5) is 0 Å². The van der Waals surface area contributed by atoms with Crippen LogP contribution in [0.1, 0.15) is 220 Å². The van der Waals surface area contributed by atoms with Crippen molar-refractivity contribution in [2.24, 2.45) is 0 Å². The van der Waals surface area contributed by atoms with E-state index in [0.717, 1.165) is 109 Å². The van der Waals surface area contributed by atoms with Gasteiger partial charge >= 0.3 is 17.9 Å². The van der Waals surface area contributed by atoms with Gasteiger partial charge in [0.15, 0.2) is 6.10 Å². The topological polar surface area (TPSA) is 78.9 Å². The van der Waals surface area contributed by atoms with E-state index in [1.807, 2.05) is 0 Å². The van der Waals surface area contributed by atoms with Crippen molar-refractivity contribution in [1.29, 1.82) is 0 Å². The Morgan fingerprint density at radius 1 is 0.355 bits per heavy atom. The predicted molar refractivity (Wildman–Crippen MR) is 265 cm³/mol. The second-order valence-electron chi connectivity index (χ2n) is 16.4. The van der Waals surface area contributed by atoms with Crippen molar-refractivity contribution in [3.63, 3.8) is 0 Å². The molecule has 0 heterocycles. The molecule has 1 atom stereocenters. The number of hydrogen-bond donors (Lipinski definition) is 0. The van der Waals surface area contributed by atoms with E-state index in [2.05, 4.69) is 118 Å².